The number of piperidine rings is 1. The third kappa shape index (κ3) is 7.86. The molecular weight excluding hydrogens is 493 g/mol. The van der Waals surface area contributed by atoms with Crippen molar-refractivity contribution < 1.29 is 0 Å². The molecule has 2 heterocycles. The third-order valence-corrected chi connectivity index (χ3v) is 6.10. The predicted octanol–water partition coefficient (Wildman–Crippen LogP) is 4.70. The second-order valence-electron chi connectivity index (χ2n) is 7.55. The van der Waals surface area contributed by atoms with Crippen LogP contribution in [0.1, 0.15) is 54.1 Å². The Balaban J connectivity index is 0.00000300. The molecule has 0 spiro atoms. The molecule has 29 heavy (non-hydrogen) atoms. The van der Waals surface area contributed by atoms with Gasteiger partial charge in [-0.1, -0.05) is 30.7 Å². The molecule has 1 aromatic heterocycles. The van der Waals surface area contributed by atoms with Gasteiger partial charge in [-0.2, -0.15) is 0 Å². The summed E-state index contributed by atoms with van der Waals surface area (Å²) in [6, 6.07) is 9.63. The van der Waals surface area contributed by atoms with E-state index in [2.05, 4.69) is 65.6 Å². The van der Waals surface area contributed by atoms with Crippen LogP contribution in [0.25, 0.3) is 0 Å². The number of aromatic nitrogens is 1. The largest absolute Gasteiger partial charge is 0.357 e. The van der Waals surface area contributed by atoms with Crippen LogP contribution in [0.15, 0.2) is 35.5 Å². The summed E-state index contributed by atoms with van der Waals surface area (Å²) in [4.78, 5) is 13.0. The number of aryl methyl sites for hydroxylation is 1. The van der Waals surface area contributed by atoms with Gasteiger partial charge in [-0.15, -0.1) is 35.3 Å². The van der Waals surface area contributed by atoms with E-state index in [1.54, 1.807) is 11.3 Å². The molecule has 1 atom stereocenters. The average Bonchev–Trinajstić information content (AvgIpc) is 3.12. The van der Waals surface area contributed by atoms with Gasteiger partial charge in [-0.05, 0) is 51.3 Å². The first-order valence-electron chi connectivity index (χ1n) is 10.4. The second-order valence-corrected chi connectivity index (χ2v) is 8.86. The van der Waals surface area contributed by atoms with Crippen molar-refractivity contribution >= 4 is 41.3 Å². The number of nitrogens with one attached hydrogen (secondary N) is 2. The number of halogens is 1. The topological polar surface area (TPSA) is 52.6 Å². The van der Waals surface area contributed by atoms with Crippen LogP contribution in [0.2, 0.25) is 0 Å². The lowest BCUT2D eigenvalue weighted by atomic mass is 10.0. The molecule has 3 rings (SSSR count). The summed E-state index contributed by atoms with van der Waals surface area (Å²) in [6.45, 7) is 11.0. The van der Waals surface area contributed by atoms with Gasteiger partial charge in [-0.3, -0.25) is 4.90 Å². The Morgan fingerprint density at radius 3 is 2.62 bits per heavy atom. The van der Waals surface area contributed by atoms with Crippen LogP contribution in [0.3, 0.4) is 0 Å². The highest BCUT2D eigenvalue weighted by Crippen LogP contribution is 2.19. The highest BCUT2D eigenvalue weighted by Gasteiger charge is 2.17. The number of rotatable bonds is 7. The highest BCUT2D eigenvalue weighted by molar-refractivity contribution is 14.0. The van der Waals surface area contributed by atoms with Crippen molar-refractivity contribution in [1.82, 2.24) is 20.5 Å². The molecule has 7 heteroatoms. The Bertz CT molecular complexity index is 759. The van der Waals surface area contributed by atoms with E-state index in [0.29, 0.717) is 19.1 Å². The van der Waals surface area contributed by atoms with Crippen LogP contribution >= 0.6 is 35.3 Å². The van der Waals surface area contributed by atoms with E-state index in [0.717, 1.165) is 24.1 Å². The number of likely N-dealkylation sites (tertiary alicyclic amines) is 1. The van der Waals surface area contributed by atoms with Crippen LogP contribution in [-0.4, -0.2) is 35.0 Å². The zero-order valence-electron chi connectivity index (χ0n) is 17.8. The molecule has 5 nitrogen and oxygen atoms in total. The fourth-order valence-corrected chi connectivity index (χ4v) is 4.26. The van der Waals surface area contributed by atoms with E-state index in [9.17, 15) is 0 Å². The zero-order valence-corrected chi connectivity index (χ0v) is 20.9. The fraction of sp³-hybridized carbons (Fsp3) is 0.545. The number of hydrogen-bond acceptors (Lipinski definition) is 4. The number of thiazole rings is 1. The van der Waals surface area contributed by atoms with E-state index in [4.69, 9.17) is 4.99 Å². The maximum absolute atomic E-state index is 4.72. The Kier molecular flexibility index (Phi) is 10.4. The number of aliphatic imine (C=N–C) groups is 1. The minimum atomic E-state index is 0. The van der Waals surface area contributed by atoms with Crippen molar-refractivity contribution in [1.29, 1.82) is 0 Å². The monoisotopic (exact) mass is 527 g/mol. The first-order chi connectivity index (χ1) is 13.6. The molecule has 2 N–H and O–H groups in total. The summed E-state index contributed by atoms with van der Waals surface area (Å²) >= 11 is 1.72. The van der Waals surface area contributed by atoms with Crippen molar-refractivity contribution in [2.75, 3.05) is 13.1 Å². The van der Waals surface area contributed by atoms with Gasteiger partial charge in [-0.25, -0.2) is 9.98 Å². The second kappa shape index (κ2) is 12.5. The Morgan fingerprint density at radius 1 is 1.21 bits per heavy atom. The normalized spacial score (nSPS) is 17.6. The Labute approximate surface area is 196 Å². The molecule has 1 aliphatic rings. The lowest BCUT2D eigenvalue weighted by molar-refractivity contribution is 0.152. The minimum absolute atomic E-state index is 0. The minimum Gasteiger partial charge on any atom is -0.357 e. The van der Waals surface area contributed by atoms with Crippen LogP contribution in [0, 0.1) is 6.92 Å². The molecule has 1 aliphatic heterocycles. The Hall–Kier alpha value is -1.19. The van der Waals surface area contributed by atoms with E-state index in [1.165, 1.54) is 41.8 Å². The molecule has 1 unspecified atom stereocenters. The van der Waals surface area contributed by atoms with Gasteiger partial charge >= 0.3 is 0 Å². The molecule has 0 saturated carbocycles. The standard InChI is InChI=1S/C22H33N5S.HI/c1-4-23-22(26-15-21-24-13-18(3)28-21)25-14-19-8-10-20(11-9-19)16-27-12-6-5-7-17(27)2;/h8-11,13,17H,4-7,12,14-16H2,1-3H3,(H2,23,25,26);1H. The zero-order chi connectivity index (χ0) is 19.8. The first kappa shape index (κ1) is 24.1. The first-order valence-corrected chi connectivity index (χ1v) is 11.2. The van der Waals surface area contributed by atoms with Crippen molar-refractivity contribution in [3.63, 3.8) is 0 Å². The van der Waals surface area contributed by atoms with Gasteiger partial charge in [0.05, 0.1) is 13.1 Å². The molecule has 0 amide bonds. The molecular formula is C22H34IN5S. The summed E-state index contributed by atoms with van der Waals surface area (Å²) in [5, 5.41) is 7.76. The van der Waals surface area contributed by atoms with Crippen molar-refractivity contribution in [3.05, 3.63) is 51.5 Å². The Morgan fingerprint density at radius 2 is 1.97 bits per heavy atom. The van der Waals surface area contributed by atoms with Gasteiger partial charge in [0, 0.05) is 30.2 Å². The highest BCUT2D eigenvalue weighted by atomic mass is 127. The van der Waals surface area contributed by atoms with Crippen molar-refractivity contribution in [3.8, 4) is 0 Å². The van der Waals surface area contributed by atoms with E-state index >= 15 is 0 Å². The van der Waals surface area contributed by atoms with Crippen LogP contribution in [0.4, 0.5) is 0 Å². The molecule has 160 valence electrons. The maximum atomic E-state index is 4.72. The lowest BCUT2D eigenvalue weighted by Gasteiger charge is -2.33. The molecule has 2 aromatic rings. The smallest absolute Gasteiger partial charge is 0.191 e. The quantitative estimate of drug-likeness (QED) is 0.312. The van der Waals surface area contributed by atoms with Gasteiger partial charge < -0.3 is 10.6 Å². The predicted molar refractivity (Wildman–Crippen MR) is 134 cm³/mol. The summed E-state index contributed by atoms with van der Waals surface area (Å²) in [7, 11) is 0. The third-order valence-electron chi connectivity index (χ3n) is 5.19. The van der Waals surface area contributed by atoms with Crippen LogP contribution in [-0.2, 0) is 19.6 Å². The van der Waals surface area contributed by atoms with E-state index in [-0.39, 0.29) is 24.0 Å². The average molecular weight is 528 g/mol. The summed E-state index contributed by atoms with van der Waals surface area (Å²) in [5.74, 6) is 0.835. The number of guanidine groups is 1. The van der Waals surface area contributed by atoms with Gasteiger partial charge in [0.15, 0.2) is 5.96 Å². The molecule has 0 radical (unpaired) electrons. The fourth-order valence-electron chi connectivity index (χ4n) is 3.53. The summed E-state index contributed by atoms with van der Waals surface area (Å²) in [5.41, 5.74) is 2.63. The van der Waals surface area contributed by atoms with Gasteiger partial charge in [0.2, 0.25) is 0 Å². The van der Waals surface area contributed by atoms with Gasteiger partial charge in [0.25, 0.3) is 0 Å². The lowest BCUT2D eigenvalue weighted by Crippen LogP contribution is -2.36. The number of benzene rings is 1. The van der Waals surface area contributed by atoms with Crippen LogP contribution < -0.4 is 10.6 Å². The van der Waals surface area contributed by atoms with E-state index < -0.39 is 0 Å². The summed E-state index contributed by atoms with van der Waals surface area (Å²) in [6.07, 6.45) is 5.95. The summed E-state index contributed by atoms with van der Waals surface area (Å²) < 4.78 is 0. The SMILES string of the molecule is CCNC(=NCc1ccc(CN2CCCCC2C)cc1)NCc1ncc(C)s1.I. The number of hydrogen-bond donors (Lipinski definition) is 2. The molecule has 1 aromatic carbocycles. The number of nitrogens with zero attached hydrogens (tertiary/aromatic N) is 3. The van der Waals surface area contributed by atoms with Gasteiger partial charge in [0.1, 0.15) is 5.01 Å². The van der Waals surface area contributed by atoms with Crippen molar-refractivity contribution in [2.24, 2.45) is 4.99 Å². The molecule has 1 fully saturated rings. The maximum Gasteiger partial charge on any atom is 0.191 e. The van der Waals surface area contributed by atoms with Crippen molar-refractivity contribution in [2.45, 2.75) is 65.7 Å². The molecule has 0 bridgehead atoms. The van der Waals surface area contributed by atoms with Crippen LogP contribution in [0.5, 0.6) is 0 Å². The molecule has 0 aliphatic carbocycles. The van der Waals surface area contributed by atoms with E-state index in [1.807, 2.05) is 6.20 Å². The molecule has 1 saturated heterocycles.